The predicted octanol–water partition coefficient (Wildman–Crippen LogP) is 3.30. The summed E-state index contributed by atoms with van der Waals surface area (Å²) in [5, 5.41) is 0. The summed E-state index contributed by atoms with van der Waals surface area (Å²) in [4.78, 5) is 24.8. The minimum atomic E-state index is -0.810. The van der Waals surface area contributed by atoms with Gasteiger partial charge in [0.1, 0.15) is 0 Å². The zero-order valence-electron chi connectivity index (χ0n) is 11.8. The summed E-state index contributed by atoms with van der Waals surface area (Å²) in [5.41, 5.74) is 0. The standard InChI is InChI=1S/C14H25NO3S/c1-2-3-4-5-6-7-8-9-10-18-14(17)13(11-19)15-12-16/h13,19H,2-11H2,1H3/t13-/m0/s1. The lowest BCUT2D eigenvalue weighted by Gasteiger charge is -2.08. The van der Waals surface area contributed by atoms with Gasteiger partial charge in [-0.2, -0.15) is 17.6 Å². The molecular formula is C14H25NO3S. The van der Waals surface area contributed by atoms with Crippen LogP contribution in [0.5, 0.6) is 0 Å². The first-order chi connectivity index (χ1) is 9.26. The molecule has 0 unspecified atom stereocenters. The Morgan fingerprint density at radius 1 is 1.16 bits per heavy atom. The number of thiol groups is 1. The third kappa shape index (κ3) is 10.8. The van der Waals surface area contributed by atoms with Gasteiger partial charge in [-0.05, 0) is 6.42 Å². The number of hydrogen-bond donors (Lipinski definition) is 1. The predicted molar refractivity (Wildman–Crippen MR) is 79.3 cm³/mol. The van der Waals surface area contributed by atoms with Crippen LogP contribution in [-0.4, -0.2) is 30.5 Å². The molecule has 0 spiro atoms. The molecule has 0 aromatic carbocycles. The highest BCUT2D eigenvalue weighted by Crippen LogP contribution is 2.08. The average molecular weight is 287 g/mol. The van der Waals surface area contributed by atoms with Gasteiger partial charge in [-0.25, -0.2) is 9.59 Å². The van der Waals surface area contributed by atoms with Crippen molar-refractivity contribution in [3.05, 3.63) is 0 Å². The van der Waals surface area contributed by atoms with Gasteiger partial charge in [0.25, 0.3) is 0 Å². The molecule has 0 bridgehead atoms. The topological polar surface area (TPSA) is 55.7 Å². The molecule has 1 atom stereocenters. The number of rotatable bonds is 12. The van der Waals surface area contributed by atoms with Crippen LogP contribution in [0.4, 0.5) is 0 Å². The van der Waals surface area contributed by atoms with Crippen molar-refractivity contribution in [2.45, 2.75) is 64.3 Å². The maximum atomic E-state index is 11.4. The first-order valence-corrected chi connectivity index (χ1v) is 7.74. The van der Waals surface area contributed by atoms with Gasteiger partial charge < -0.3 is 4.74 Å². The molecule has 0 fully saturated rings. The fourth-order valence-electron chi connectivity index (χ4n) is 1.74. The van der Waals surface area contributed by atoms with E-state index in [4.69, 9.17) is 4.74 Å². The third-order valence-electron chi connectivity index (χ3n) is 2.90. The normalized spacial score (nSPS) is 11.7. The summed E-state index contributed by atoms with van der Waals surface area (Å²) in [6.45, 7) is 2.60. The maximum absolute atomic E-state index is 11.4. The van der Waals surface area contributed by atoms with Gasteiger partial charge in [0.05, 0.1) is 6.61 Å². The lowest BCUT2D eigenvalue weighted by Crippen LogP contribution is -2.23. The molecule has 0 N–H and O–H groups in total. The fourth-order valence-corrected chi connectivity index (χ4v) is 1.97. The highest BCUT2D eigenvalue weighted by Gasteiger charge is 2.16. The van der Waals surface area contributed by atoms with Crippen LogP contribution in [0, 0.1) is 0 Å². The molecule has 4 nitrogen and oxygen atoms in total. The van der Waals surface area contributed by atoms with Crippen molar-refractivity contribution in [3.8, 4) is 0 Å². The molecule has 0 saturated heterocycles. The molecule has 0 rings (SSSR count). The second kappa shape index (κ2) is 13.6. The van der Waals surface area contributed by atoms with E-state index in [2.05, 4.69) is 24.5 Å². The molecule has 0 aliphatic heterocycles. The van der Waals surface area contributed by atoms with Crippen molar-refractivity contribution in [1.82, 2.24) is 0 Å². The lowest BCUT2D eigenvalue weighted by molar-refractivity contribution is -0.144. The molecule has 5 heteroatoms. The van der Waals surface area contributed by atoms with E-state index >= 15 is 0 Å². The molecule has 0 aromatic rings. The molecule has 0 aliphatic carbocycles. The van der Waals surface area contributed by atoms with E-state index in [0.717, 1.165) is 12.8 Å². The van der Waals surface area contributed by atoms with Crippen LogP contribution in [0.1, 0.15) is 58.3 Å². The number of carbonyl (C=O) groups is 1. The highest BCUT2D eigenvalue weighted by atomic mass is 32.1. The first-order valence-electron chi connectivity index (χ1n) is 7.10. The van der Waals surface area contributed by atoms with Crippen molar-refractivity contribution in [2.24, 2.45) is 4.99 Å². The largest absolute Gasteiger partial charge is 0.464 e. The minimum absolute atomic E-state index is 0.172. The Labute approximate surface area is 121 Å². The summed E-state index contributed by atoms with van der Waals surface area (Å²) in [7, 11) is 0. The van der Waals surface area contributed by atoms with E-state index in [1.807, 2.05) is 0 Å². The van der Waals surface area contributed by atoms with Crippen molar-refractivity contribution in [3.63, 3.8) is 0 Å². The van der Waals surface area contributed by atoms with Gasteiger partial charge in [0, 0.05) is 5.75 Å². The third-order valence-corrected chi connectivity index (χ3v) is 3.24. The van der Waals surface area contributed by atoms with Gasteiger partial charge in [-0.1, -0.05) is 51.9 Å². The van der Waals surface area contributed by atoms with Gasteiger partial charge in [-0.3, -0.25) is 0 Å². The van der Waals surface area contributed by atoms with Crippen LogP contribution < -0.4 is 0 Å². The van der Waals surface area contributed by atoms with Crippen LogP contribution in [0.15, 0.2) is 4.99 Å². The van der Waals surface area contributed by atoms with E-state index in [-0.39, 0.29) is 5.75 Å². The zero-order valence-corrected chi connectivity index (χ0v) is 12.7. The smallest absolute Gasteiger partial charge is 0.332 e. The second-order valence-corrected chi connectivity index (χ2v) is 4.93. The quantitative estimate of drug-likeness (QED) is 0.197. The fraction of sp³-hybridized carbons (Fsp3) is 0.857. The molecular weight excluding hydrogens is 262 g/mol. The van der Waals surface area contributed by atoms with E-state index in [0.29, 0.717) is 6.61 Å². The maximum Gasteiger partial charge on any atom is 0.332 e. The molecule has 0 heterocycles. The Kier molecular flexibility index (Phi) is 13.1. The molecule has 0 radical (unpaired) electrons. The second-order valence-electron chi connectivity index (χ2n) is 4.56. The van der Waals surface area contributed by atoms with Crippen LogP contribution in [0.2, 0.25) is 0 Å². The number of ether oxygens (including phenoxy) is 1. The van der Waals surface area contributed by atoms with E-state index in [1.165, 1.54) is 44.6 Å². The number of unbranched alkanes of at least 4 members (excludes halogenated alkanes) is 7. The zero-order chi connectivity index (χ0) is 14.3. The summed E-state index contributed by atoms with van der Waals surface area (Å²) >= 11 is 3.93. The molecule has 0 saturated carbocycles. The Bertz CT molecular complexity index is 278. The Balaban J connectivity index is 3.43. The van der Waals surface area contributed by atoms with Crippen molar-refractivity contribution < 1.29 is 14.3 Å². The highest BCUT2D eigenvalue weighted by molar-refractivity contribution is 7.80. The Hall–Kier alpha value is -0.800. The summed E-state index contributed by atoms with van der Waals surface area (Å²) in [6.07, 6.45) is 10.9. The van der Waals surface area contributed by atoms with Crippen molar-refractivity contribution in [2.75, 3.05) is 12.4 Å². The number of carbonyl (C=O) groups excluding carboxylic acids is 2. The summed E-state index contributed by atoms with van der Waals surface area (Å²) < 4.78 is 5.03. The molecule has 19 heavy (non-hydrogen) atoms. The number of aliphatic imine (C=N–C) groups is 1. The number of isocyanates is 1. The van der Waals surface area contributed by atoms with Crippen molar-refractivity contribution >= 4 is 24.7 Å². The van der Waals surface area contributed by atoms with Crippen molar-refractivity contribution in [1.29, 1.82) is 0 Å². The minimum Gasteiger partial charge on any atom is -0.464 e. The van der Waals surface area contributed by atoms with E-state index < -0.39 is 12.0 Å². The van der Waals surface area contributed by atoms with Crippen LogP contribution >= 0.6 is 12.6 Å². The lowest BCUT2D eigenvalue weighted by atomic mass is 10.1. The summed E-state index contributed by atoms with van der Waals surface area (Å²) in [5.74, 6) is -0.313. The van der Waals surface area contributed by atoms with Crippen LogP contribution in [0.3, 0.4) is 0 Å². The molecule has 0 aromatic heterocycles. The molecule has 0 amide bonds. The van der Waals surface area contributed by atoms with E-state index in [1.54, 1.807) is 0 Å². The molecule has 0 aliphatic rings. The number of hydrogen-bond acceptors (Lipinski definition) is 5. The van der Waals surface area contributed by atoms with Gasteiger partial charge in [0.15, 0.2) is 6.04 Å². The summed E-state index contributed by atoms with van der Waals surface area (Å²) in [6, 6.07) is -0.810. The Morgan fingerprint density at radius 2 is 1.74 bits per heavy atom. The SMILES string of the molecule is CCCCCCCCCCOC(=O)[C@H](CS)N=C=O. The van der Waals surface area contributed by atoms with Crippen LogP contribution in [-0.2, 0) is 14.3 Å². The average Bonchev–Trinajstić information content (AvgIpc) is 2.42. The number of esters is 1. The number of nitrogens with zero attached hydrogens (tertiary/aromatic N) is 1. The Morgan fingerprint density at radius 3 is 2.26 bits per heavy atom. The van der Waals surface area contributed by atoms with Gasteiger partial charge >= 0.3 is 5.97 Å². The molecule has 110 valence electrons. The van der Waals surface area contributed by atoms with Gasteiger partial charge in [0.2, 0.25) is 6.08 Å². The van der Waals surface area contributed by atoms with Crippen LogP contribution in [0.25, 0.3) is 0 Å². The first kappa shape index (κ1) is 18.2. The van der Waals surface area contributed by atoms with Gasteiger partial charge in [-0.15, -0.1) is 0 Å². The monoisotopic (exact) mass is 287 g/mol. The van der Waals surface area contributed by atoms with E-state index in [9.17, 15) is 9.59 Å².